The Balaban J connectivity index is 2.49. The number of nitrogens with zero attached hydrogens (tertiary/aromatic N) is 3. The van der Waals surface area contributed by atoms with Crippen LogP contribution in [0.1, 0.15) is 33.4 Å². The summed E-state index contributed by atoms with van der Waals surface area (Å²) in [6.45, 7) is -8.09. The molecule has 2 aromatic carbocycles. The van der Waals surface area contributed by atoms with Crippen LogP contribution in [0.5, 0.6) is 0 Å². The molecule has 0 unspecified atom stereocenters. The van der Waals surface area contributed by atoms with Gasteiger partial charge in [-0.25, -0.2) is 9.59 Å². The molecular formula is C32H35F12N4O8+. The minimum atomic E-state index is -5.26. The van der Waals surface area contributed by atoms with Crippen molar-refractivity contribution in [1.82, 2.24) is 15.1 Å². The zero-order valence-electron chi connectivity index (χ0n) is 28.7. The van der Waals surface area contributed by atoms with Gasteiger partial charge in [-0.3, -0.25) is 19.4 Å². The molecule has 2 rings (SSSR count). The van der Waals surface area contributed by atoms with Crippen LogP contribution in [0.4, 0.5) is 52.7 Å². The number of hydrogen-bond acceptors (Lipinski definition) is 7. The molecule has 12 nitrogen and oxygen atoms in total. The molecule has 24 heteroatoms. The first kappa shape index (κ1) is 47.5. The highest BCUT2D eigenvalue weighted by atomic mass is 19.4. The van der Waals surface area contributed by atoms with Crippen LogP contribution < -0.4 is 5.32 Å². The average Bonchev–Trinajstić information content (AvgIpc) is 3.01. The summed E-state index contributed by atoms with van der Waals surface area (Å²) in [5.41, 5.74) is -7.74. The molecule has 0 saturated carbocycles. The molecule has 0 heterocycles. The predicted molar refractivity (Wildman–Crippen MR) is 167 cm³/mol. The summed E-state index contributed by atoms with van der Waals surface area (Å²) in [6.07, 6.45) is -20.9. The van der Waals surface area contributed by atoms with Crippen LogP contribution in [-0.4, -0.2) is 124 Å². The molecule has 56 heavy (non-hydrogen) atoms. The first-order chi connectivity index (χ1) is 25.5. The minimum Gasteiger partial charge on any atom is -0.480 e. The maximum Gasteiger partial charge on any atom is 0.416 e. The lowest BCUT2D eigenvalue weighted by atomic mass is 10.0. The molecule has 0 spiro atoms. The second-order valence-electron chi connectivity index (χ2n) is 12.7. The van der Waals surface area contributed by atoms with Gasteiger partial charge in [-0.15, -0.1) is 0 Å². The Bertz CT molecular complexity index is 1600. The van der Waals surface area contributed by atoms with E-state index in [0.717, 1.165) is 9.80 Å². The van der Waals surface area contributed by atoms with Crippen molar-refractivity contribution in [2.24, 2.45) is 0 Å². The lowest BCUT2D eigenvalue weighted by Gasteiger charge is -2.38. The number of carboxylic acids is 4. The number of halogens is 12. The zero-order valence-corrected chi connectivity index (χ0v) is 28.7. The number of hydrogen-bond donors (Lipinski definition) is 5. The third-order valence-electron chi connectivity index (χ3n) is 8.08. The fourth-order valence-corrected chi connectivity index (χ4v) is 5.60. The third kappa shape index (κ3) is 16.2. The van der Waals surface area contributed by atoms with Crippen molar-refractivity contribution in [3.05, 3.63) is 69.8 Å². The first-order valence-electron chi connectivity index (χ1n) is 15.9. The Hall–Kier alpha value is -4.68. The van der Waals surface area contributed by atoms with Crippen LogP contribution in [0.25, 0.3) is 0 Å². The maximum atomic E-state index is 13.6. The van der Waals surface area contributed by atoms with E-state index in [1.54, 1.807) is 0 Å². The van der Waals surface area contributed by atoms with Gasteiger partial charge in [-0.05, 0) is 47.5 Å². The molecule has 0 aromatic heterocycles. The molecule has 0 atom stereocenters. The topological polar surface area (TPSA) is 168 Å². The SMILES string of the molecule is O=C(O)CN(CCN(CC[N+](CCNCc1cc(C(F)(F)F)cc(C(F)(F)F)c1)(CC(=O)O)CC(=O)O)Cc1cc(C(F)(F)F)cc(C(F)(F)F)c1)CC(=O)O. The van der Waals surface area contributed by atoms with Gasteiger partial charge in [0.1, 0.15) is 0 Å². The molecule has 314 valence electrons. The summed E-state index contributed by atoms with van der Waals surface area (Å²) in [4.78, 5) is 48.5. The molecule has 0 amide bonds. The highest BCUT2D eigenvalue weighted by Gasteiger charge is 2.39. The number of rotatable bonds is 21. The van der Waals surface area contributed by atoms with Gasteiger partial charge < -0.3 is 30.2 Å². The molecular weight excluding hydrogens is 796 g/mol. The third-order valence-corrected chi connectivity index (χ3v) is 8.08. The van der Waals surface area contributed by atoms with Crippen molar-refractivity contribution in [3.8, 4) is 0 Å². The number of quaternary nitrogens is 1. The van der Waals surface area contributed by atoms with Crippen LogP contribution in [0.2, 0.25) is 0 Å². The largest absolute Gasteiger partial charge is 0.480 e. The summed E-state index contributed by atoms with van der Waals surface area (Å²) in [5, 5.41) is 40.3. The Morgan fingerprint density at radius 1 is 0.518 bits per heavy atom. The number of carbonyl (C=O) groups is 4. The fraction of sp³-hybridized carbons (Fsp3) is 0.500. The Morgan fingerprint density at radius 3 is 1.25 bits per heavy atom. The standard InChI is InChI=1S/C32H34F12N4O8/c33-29(34,35)21-7-19(8-22(11-21)30(36,37)38)13-45-1-5-48(17-27(53)54,18-28(55)56)6-4-46(2-3-47(15-25(49)50)16-26(51)52)14-20-9-23(31(39,40)41)12-24(10-20)32(42,43)44/h7-12,45H,1-6,13-18H2,(H3-,49,50,51,52,53,54,55,56)/p+1. The van der Waals surface area contributed by atoms with E-state index in [2.05, 4.69) is 5.32 Å². The van der Waals surface area contributed by atoms with Gasteiger partial charge in [0, 0.05) is 39.3 Å². The van der Waals surface area contributed by atoms with Gasteiger partial charge >= 0.3 is 48.6 Å². The van der Waals surface area contributed by atoms with E-state index in [1.165, 1.54) is 0 Å². The quantitative estimate of drug-likeness (QED) is 0.0666. The van der Waals surface area contributed by atoms with Crippen LogP contribution in [-0.2, 0) is 57.0 Å². The predicted octanol–water partition coefficient (Wildman–Crippen LogP) is 4.81. The molecule has 0 fully saturated rings. The highest BCUT2D eigenvalue weighted by Crippen LogP contribution is 2.38. The summed E-state index contributed by atoms with van der Waals surface area (Å²) in [7, 11) is 0. The Kier molecular flexibility index (Phi) is 16.1. The summed E-state index contributed by atoms with van der Waals surface area (Å²) in [5.74, 6) is -6.22. The van der Waals surface area contributed by atoms with E-state index in [-0.39, 0.29) is 12.1 Å². The smallest absolute Gasteiger partial charge is 0.416 e. The highest BCUT2D eigenvalue weighted by molar-refractivity contribution is 5.72. The lowest BCUT2D eigenvalue weighted by Crippen LogP contribution is -2.59. The van der Waals surface area contributed by atoms with Gasteiger partial charge in [-0.1, -0.05) is 0 Å². The Labute approximate surface area is 309 Å². The molecule has 0 bridgehead atoms. The summed E-state index contributed by atoms with van der Waals surface area (Å²) in [6, 6.07) is 1.36. The summed E-state index contributed by atoms with van der Waals surface area (Å²) >= 11 is 0. The Morgan fingerprint density at radius 2 is 0.893 bits per heavy atom. The van der Waals surface area contributed by atoms with E-state index in [0.29, 0.717) is 24.3 Å². The van der Waals surface area contributed by atoms with E-state index in [1.807, 2.05) is 0 Å². The first-order valence-corrected chi connectivity index (χ1v) is 15.9. The maximum absolute atomic E-state index is 13.6. The number of carboxylic acid groups (broad SMARTS) is 4. The van der Waals surface area contributed by atoms with Crippen LogP contribution >= 0.6 is 0 Å². The number of benzene rings is 2. The van der Waals surface area contributed by atoms with Gasteiger partial charge in [0.2, 0.25) is 0 Å². The van der Waals surface area contributed by atoms with Crippen LogP contribution in [0.15, 0.2) is 36.4 Å². The summed E-state index contributed by atoms with van der Waals surface area (Å²) < 4.78 is 160. The van der Waals surface area contributed by atoms with Crippen molar-refractivity contribution in [2.75, 3.05) is 65.4 Å². The van der Waals surface area contributed by atoms with Crippen LogP contribution in [0, 0.1) is 0 Å². The molecule has 0 saturated heterocycles. The normalized spacial score (nSPS) is 13.0. The number of nitrogens with one attached hydrogen (secondary N) is 1. The second kappa shape index (κ2) is 19.0. The number of alkyl halides is 12. The zero-order chi connectivity index (χ0) is 42.9. The van der Waals surface area contributed by atoms with Gasteiger partial charge in [0.25, 0.3) is 0 Å². The van der Waals surface area contributed by atoms with E-state index >= 15 is 0 Å². The monoisotopic (exact) mass is 831 g/mol. The van der Waals surface area contributed by atoms with Crippen molar-refractivity contribution in [1.29, 1.82) is 0 Å². The van der Waals surface area contributed by atoms with E-state index < -0.39 is 165 Å². The molecule has 0 aliphatic rings. The fourth-order valence-electron chi connectivity index (χ4n) is 5.60. The number of aliphatic carboxylic acids is 4. The molecule has 5 N–H and O–H groups in total. The van der Waals surface area contributed by atoms with Crippen molar-refractivity contribution < 1.29 is 96.8 Å². The second-order valence-corrected chi connectivity index (χ2v) is 12.7. The van der Waals surface area contributed by atoms with Crippen molar-refractivity contribution in [2.45, 2.75) is 37.8 Å². The van der Waals surface area contributed by atoms with Crippen molar-refractivity contribution in [3.63, 3.8) is 0 Å². The molecule has 0 aliphatic carbocycles. The molecule has 0 radical (unpaired) electrons. The molecule has 0 aliphatic heterocycles. The van der Waals surface area contributed by atoms with Crippen molar-refractivity contribution >= 4 is 23.9 Å². The van der Waals surface area contributed by atoms with Gasteiger partial charge in [0.05, 0.1) is 48.4 Å². The lowest BCUT2D eigenvalue weighted by molar-refractivity contribution is -0.913. The van der Waals surface area contributed by atoms with Gasteiger partial charge in [-0.2, -0.15) is 52.7 Å². The average molecular weight is 832 g/mol. The van der Waals surface area contributed by atoms with E-state index in [4.69, 9.17) is 0 Å². The van der Waals surface area contributed by atoms with Crippen LogP contribution in [0.3, 0.4) is 0 Å². The molecule has 2 aromatic rings. The van der Waals surface area contributed by atoms with E-state index in [9.17, 15) is 92.3 Å². The minimum absolute atomic E-state index is 0.108. The van der Waals surface area contributed by atoms with Gasteiger partial charge in [0.15, 0.2) is 13.1 Å².